The Morgan fingerprint density at radius 1 is 0.882 bits per heavy atom. The number of carbonyl (C=O) groups is 1. The predicted molar refractivity (Wildman–Crippen MR) is 80.1 cm³/mol. The van der Waals surface area contributed by atoms with Crippen molar-refractivity contribution in [3.8, 4) is 0 Å². The SMILES string of the molecule is C[Si](C)(C)N(C(=O)C1CCCCC1)[Si](C)(C)C. The van der Waals surface area contributed by atoms with E-state index >= 15 is 0 Å². The molecule has 1 saturated carbocycles. The van der Waals surface area contributed by atoms with Gasteiger partial charge in [-0.25, -0.2) is 0 Å². The van der Waals surface area contributed by atoms with Crippen molar-refractivity contribution in [3.63, 3.8) is 0 Å². The van der Waals surface area contributed by atoms with Gasteiger partial charge in [0.15, 0.2) is 0 Å². The van der Waals surface area contributed by atoms with Crippen molar-refractivity contribution in [2.24, 2.45) is 5.92 Å². The van der Waals surface area contributed by atoms with Crippen LogP contribution in [-0.2, 0) is 4.79 Å². The van der Waals surface area contributed by atoms with Crippen LogP contribution >= 0.6 is 0 Å². The van der Waals surface area contributed by atoms with Crippen molar-refractivity contribution < 1.29 is 4.79 Å². The van der Waals surface area contributed by atoms with Gasteiger partial charge in [-0.1, -0.05) is 58.5 Å². The van der Waals surface area contributed by atoms with E-state index in [1.54, 1.807) is 0 Å². The van der Waals surface area contributed by atoms with Crippen LogP contribution in [0.1, 0.15) is 32.1 Å². The van der Waals surface area contributed by atoms with Gasteiger partial charge in [0.25, 0.3) is 0 Å². The molecule has 0 N–H and O–H groups in total. The summed E-state index contributed by atoms with van der Waals surface area (Å²) in [4.78, 5) is 12.8. The van der Waals surface area contributed by atoms with Gasteiger partial charge in [-0.2, -0.15) is 0 Å². The zero-order valence-electron chi connectivity index (χ0n) is 12.5. The molecule has 0 spiro atoms. The van der Waals surface area contributed by atoms with Crippen molar-refractivity contribution in [2.45, 2.75) is 71.4 Å². The first-order valence-corrected chi connectivity index (χ1v) is 13.9. The quantitative estimate of drug-likeness (QED) is 0.709. The van der Waals surface area contributed by atoms with Crippen molar-refractivity contribution in [1.29, 1.82) is 0 Å². The second-order valence-electron chi connectivity index (χ2n) is 7.35. The highest BCUT2D eigenvalue weighted by molar-refractivity contribution is 6.92. The number of amides is 1. The van der Waals surface area contributed by atoms with E-state index in [2.05, 4.69) is 43.5 Å². The molecule has 1 fully saturated rings. The molecule has 1 aliphatic rings. The summed E-state index contributed by atoms with van der Waals surface area (Å²) in [7, 11) is -3.05. The molecule has 1 amide bonds. The summed E-state index contributed by atoms with van der Waals surface area (Å²) in [6.07, 6.45) is 6.08. The van der Waals surface area contributed by atoms with E-state index < -0.39 is 16.5 Å². The van der Waals surface area contributed by atoms with E-state index in [1.165, 1.54) is 19.3 Å². The van der Waals surface area contributed by atoms with Crippen molar-refractivity contribution >= 4 is 22.4 Å². The summed E-state index contributed by atoms with van der Waals surface area (Å²) >= 11 is 0. The molecule has 100 valence electrons. The molecule has 2 nitrogen and oxygen atoms in total. The Morgan fingerprint density at radius 3 is 1.65 bits per heavy atom. The third kappa shape index (κ3) is 3.95. The van der Waals surface area contributed by atoms with Gasteiger partial charge in [0.05, 0.1) is 0 Å². The lowest BCUT2D eigenvalue weighted by Gasteiger charge is -2.46. The summed E-state index contributed by atoms with van der Waals surface area (Å²) in [5.41, 5.74) is 0. The van der Waals surface area contributed by atoms with Crippen LogP contribution < -0.4 is 0 Å². The van der Waals surface area contributed by atoms with Crippen LogP contribution in [0.5, 0.6) is 0 Å². The van der Waals surface area contributed by atoms with Crippen molar-refractivity contribution in [1.82, 2.24) is 4.23 Å². The second kappa shape index (κ2) is 5.26. The number of carbonyl (C=O) groups excluding carboxylic acids is 1. The van der Waals surface area contributed by atoms with Crippen LogP contribution in [0.3, 0.4) is 0 Å². The maximum Gasteiger partial charge on any atom is 0.209 e. The van der Waals surface area contributed by atoms with E-state index in [0.717, 1.165) is 12.8 Å². The lowest BCUT2D eigenvalue weighted by molar-refractivity contribution is -0.129. The molecular formula is C13H29NOSi2. The number of hydrogen-bond donors (Lipinski definition) is 0. The standard InChI is InChI=1S/C13H29NOSi2/c1-16(2,3)14(17(4,5)6)13(15)12-10-8-7-9-11-12/h12H,7-11H2,1-6H3. The molecule has 0 aromatic heterocycles. The van der Waals surface area contributed by atoms with E-state index in [9.17, 15) is 4.79 Å². The van der Waals surface area contributed by atoms with Crippen LogP contribution in [0.25, 0.3) is 0 Å². The zero-order chi connectivity index (χ0) is 13.3. The number of hydrogen-bond acceptors (Lipinski definition) is 1. The van der Waals surface area contributed by atoms with Gasteiger partial charge in [-0.05, 0) is 12.8 Å². The topological polar surface area (TPSA) is 20.3 Å². The van der Waals surface area contributed by atoms with Gasteiger partial charge in [-0.15, -0.1) is 0 Å². The molecule has 4 heteroatoms. The minimum Gasteiger partial charge on any atom is -0.396 e. The Kier molecular flexibility index (Phi) is 4.63. The largest absolute Gasteiger partial charge is 0.396 e. The molecule has 0 radical (unpaired) electrons. The summed E-state index contributed by atoms with van der Waals surface area (Å²) in [6, 6.07) is 0. The smallest absolute Gasteiger partial charge is 0.209 e. The van der Waals surface area contributed by atoms with Crippen molar-refractivity contribution in [3.05, 3.63) is 0 Å². The fourth-order valence-electron chi connectivity index (χ4n) is 3.20. The molecule has 0 aliphatic heterocycles. The minimum atomic E-state index is -1.52. The Balaban J connectivity index is 2.87. The first kappa shape index (κ1) is 15.0. The van der Waals surface area contributed by atoms with Crippen LogP contribution in [0, 0.1) is 5.92 Å². The minimum absolute atomic E-state index is 0.335. The highest BCUT2D eigenvalue weighted by Crippen LogP contribution is 2.30. The highest BCUT2D eigenvalue weighted by Gasteiger charge is 2.40. The molecule has 0 unspecified atom stereocenters. The zero-order valence-corrected chi connectivity index (χ0v) is 14.5. The highest BCUT2D eigenvalue weighted by atomic mass is 28.4. The lowest BCUT2D eigenvalue weighted by Crippen LogP contribution is -2.63. The summed E-state index contributed by atoms with van der Waals surface area (Å²) in [5, 5.41) is 0. The van der Waals surface area contributed by atoms with E-state index in [0.29, 0.717) is 11.8 Å². The third-order valence-corrected chi connectivity index (χ3v) is 10.7. The normalized spacial score (nSPS) is 19.2. The molecule has 0 bridgehead atoms. The molecule has 0 atom stereocenters. The Labute approximate surface area is 109 Å². The fourth-order valence-corrected chi connectivity index (χ4v) is 12.9. The van der Waals surface area contributed by atoms with Gasteiger partial charge in [-0.3, -0.25) is 4.79 Å². The lowest BCUT2D eigenvalue weighted by atomic mass is 9.89. The molecule has 0 aromatic carbocycles. The molecule has 1 aliphatic carbocycles. The third-order valence-electron chi connectivity index (χ3n) is 3.52. The average Bonchev–Trinajstić information content (AvgIpc) is 2.14. The van der Waals surface area contributed by atoms with Crippen LogP contribution in [0.2, 0.25) is 39.3 Å². The first-order chi connectivity index (χ1) is 7.64. The van der Waals surface area contributed by atoms with Gasteiger partial charge in [0.2, 0.25) is 5.91 Å². The van der Waals surface area contributed by atoms with Crippen LogP contribution in [0.15, 0.2) is 0 Å². The van der Waals surface area contributed by atoms with Gasteiger partial charge in [0.1, 0.15) is 16.5 Å². The molecule has 0 heterocycles. The predicted octanol–water partition coefficient (Wildman–Crippen LogP) is 4.07. The summed E-state index contributed by atoms with van der Waals surface area (Å²) in [5.74, 6) is 0.824. The van der Waals surface area contributed by atoms with E-state index in [4.69, 9.17) is 0 Å². The number of nitrogens with zero attached hydrogens (tertiary/aromatic N) is 1. The molecule has 1 rings (SSSR count). The Morgan fingerprint density at radius 2 is 1.29 bits per heavy atom. The second-order valence-corrected chi connectivity index (χ2v) is 17.4. The van der Waals surface area contributed by atoms with Gasteiger partial charge < -0.3 is 4.23 Å². The Hall–Kier alpha value is -0.0962. The monoisotopic (exact) mass is 271 g/mol. The fraction of sp³-hybridized carbons (Fsp3) is 0.923. The molecule has 0 aromatic rings. The van der Waals surface area contributed by atoms with E-state index in [-0.39, 0.29) is 0 Å². The average molecular weight is 272 g/mol. The van der Waals surface area contributed by atoms with E-state index in [1.807, 2.05) is 0 Å². The first-order valence-electron chi connectivity index (χ1n) is 6.98. The van der Waals surface area contributed by atoms with Gasteiger partial charge >= 0.3 is 0 Å². The van der Waals surface area contributed by atoms with Crippen molar-refractivity contribution in [2.75, 3.05) is 0 Å². The summed E-state index contributed by atoms with van der Waals surface area (Å²) in [6.45, 7) is 13.9. The maximum absolute atomic E-state index is 12.8. The van der Waals surface area contributed by atoms with Crippen LogP contribution in [0.4, 0.5) is 0 Å². The Bertz CT molecular complexity index is 258. The number of rotatable bonds is 3. The summed E-state index contributed by atoms with van der Waals surface area (Å²) < 4.78 is 2.37. The maximum atomic E-state index is 12.8. The molecular weight excluding hydrogens is 242 g/mol. The van der Waals surface area contributed by atoms with Gasteiger partial charge in [0, 0.05) is 5.92 Å². The van der Waals surface area contributed by atoms with Crippen LogP contribution in [-0.4, -0.2) is 26.6 Å². The molecule has 17 heavy (non-hydrogen) atoms. The molecule has 0 saturated heterocycles.